The Morgan fingerprint density at radius 1 is 0.302 bits per heavy atom. The lowest BCUT2D eigenvalue weighted by Gasteiger charge is -2.53. The molecule has 0 radical (unpaired) electrons. The summed E-state index contributed by atoms with van der Waals surface area (Å²) in [5.74, 6) is -6.72. The van der Waals surface area contributed by atoms with Gasteiger partial charge in [0.1, 0.15) is 79.8 Å². The van der Waals surface area contributed by atoms with Gasteiger partial charge in [-0.15, -0.1) is 0 Å². The number of benzene rings is 11. The molecule has 4 saturated heterocycles. The number of imide groups is 1. The Bertz CT molecular complexity index is 5700. The van der Waals surface area contributed by atoms with Crippen molar-refractivity contribution in [2.45, 2.75) is 208 Å². The second-order valence-electron chi connectivity index (χ2n) is 34.4. The molecule has 11 aromatic carbocycles. The Labute approximate surface area is 807 Å². The van der Waals surface area contributed by atoms with Gasteiger partial charge in [-0.3, -0.25) is 19.3 Å². The molecular weight excluding hydrogens is 1800 g/mol. The Balaban J connectivity index is 0.862. The van der Waals surface area contributed by atoms with Crippen molar-refractivity contribution in [3.05, 3.63) is 394 Å². The van der Waals surface area contributed by atoms with E-state index in [1.807, 2.05) is 170 Å². The average molecular weight is 1910 g/mol. The molecule has 5 heterocycles. The number of nitrogens with zero attached hydrogens (tertiary/aromatic N) is 1. The van der Waals surface area contributed by atoms with Crippen LogP contribution < -0.4 is 0 Å². The van der Waals surface area contributed by atoms with Gasteiger partial charge in [0.2, 0.25) is 0 Å². The summed E-state index contributed by atoms with van der Waals surface area (Å²) < 4.78 is 135. The predicted molar refractivity (Wildman–Crippen MR) is 507 cm³/mol. The zero-order valence-corrected chi connectivity index (χ0v) is 78.4. The average Bonchev–Trinajstić information content (AvgIpc) is 1.60. The lowest BCUT2D eigenvalue weighted by atomic mass is 9.93. The highest BCUT2D eigenvalue weighted by molar-refractivity contribution is 6.73. The molecule has 4 fully saturated rings. The van der Waals surface area contributed by atoms with Crippen molar-refractivity contribution < 1.29 is 128 Å². The number of amides is 2. The second-order valence-corrected chi connectivity index (χ2v) is 39.1. The lowest BCUT2D eigenvalue weighted by molar-refractivity contribution is -0.389. The fourth-order valence-corrected chi connectivity index (χ4v) is 20.4. The van der Waals surface area contributed by atoms with E-state index in [1.54, 1.807) is 97.1 Å². The Hall–Kier alpha value is -12.5. The number of hydrogen-bond acceptors (Lipinski definition) is 27. The first-order valence-corrected chi connectivity index (χ1v) is 49.4. The highest BCUT2D eigenvalue weighted by Crippen LogP contribution is 2.44. The first-order chi connectivity index (χ1) is 68.0. The van der Waals surface area contributed by atoms with E-state index in [-0.39, 0.29) is 86.2 Å². The molecule has 20 atom stereocenters. The van der Waals surface area contributed by atoms with Crippen LogP contribution in [0.4, 0.5) is 0 Å². The van der Waals surface area contributed by atoms with Crippen molar-refractivity contribution in [1.82, 2.24) is 4.90 Å². The number of ether oxygens (including phenoxy) is 18. The van der Waals surface area contributed by atoms with E-state index in [4.69, 9.17) is 89.7 Å². The quantitative estimate of drug-likeness (QED) is 0.0161. The van der Waals surface area contributed by atoms with Crippen LogP contribution in [0.15, 0.2) is 328 Å². The molecule has 139 heavy (non-hydrogen) atoms. The lowest BCUT2D eigenvalue weighted by Crippen LogP contribution is -2.71. The SMILES string of the molecule is CC[Si](CC)(CC)O[C@@H]1O[C@H](COCc2ccccc2)[C@@H](O[C@@H]2O[C@H](COCc3ccccc3)[C@H](OC(C)=O)[C@H](O[C@@H]3O[C@H](COCc4ccccc4)[C@@H](O[C@@H]4O[C@H](COC(=O)c5ccccc5)[C@H](OC(=O)c5ccccc5)[C@H](OC(=O)c5ccccc5)[C@H]4OC(=O)c4ccccc4)[C@H](O)[C@H]3N3C(=O)c4ccccc4C3=O)[C@H]2OCc2ccccc2)[C@H](OCc2ccccc2)[C@H]1OCc1ccccc1. The summed E-state index contributed by atoms with van der Waals surface area (Å²) in [4.78, 5) is 107. The van der Waals surface area contributed by atoms with Crippen LogP contribution in [0.5, 0.6) is 0 Å². The third-order valence-corrected chi connectivity index (χ3v) is 29.8. The topological polar surface area (TPSA) is 318 Å². The van der Waals surface area contributed by atoms with Crippen LogP contribution in [0.2, 0.25) is 18.1 Å². The number of aliphatic hydroxyl groups is 1. The van der Waals surface area contributed by atoms with E-state index in [2.05, 4.69) is 20.8 Å². The monoisotopic (exact) mass is 1910 g/mol. The largest absolute Gasteiger partial charge is 0.459 e. The van der Waals surface area contributed by atoms with Crippen LogP contribution in [0, 0.1) is 0 Å². The van der Waals surface area contributed by atoms with Crippen molar-refractivity contribution >= 4 is 50.0 Å². The highest BCUT2D eigenvalue weighted by atomic mass is 28.4. The number of aliphatic hydroxyl groups excluding tert-OH is 1. The summed E-state index contributed by atoms with van der Waals surface area (Å²) in [6.45, 7) is 5.42. The standard InChI is InChI=1S/C110H113NO27Si/c1-5-139(6-2,7-3)138-110-98(124-66-77-48-26-12-27-49-77)95(123-65-76-46-24-11-25-47-76)92(86(131-110)69-121-63-74-42-20-9-21-43-74)136-108-99(125-67-78-50-28-13-29-51-78)96(93(127-72(4)112)87(129-108)70-122-64-75-44-22-10-23-45-75)137-107-89(111-101(114)83-60-38-39-61-84(83)102(111)115)90(113)91(85(128-107)68-120-62-73-40-18-8-19-41-73)135-109-100(134-106(119)82-58-36-17-37-59-82)97(133-105(118)81-56-34-16-35-57-81)94(132-104(117)80-54-32-15-33-55-80)88(130-109)71-126-103(116)79-52-30-14-31-53-79/h8-61,85-100,107-110,113H,5-7,62-71H2,1-4H3/t85-,86-,87-,88-,89-,90-,91-,92-,93+,94+,95+,96+,97+,98-,99-,100-,107+,108+,109+,110+/m1/s1. The van der Waals surface area contributed by atoms with Crippen molar-refractivity contribution in [3.8, 4) is 0 Å². The fourth-order valence-electron chi connectivity index (χ4n) is 17.7. The van der Waals surface area contributed by atoms with Crippen molar-refractivity contribution in [2.24, 2.45) is 0 Å². The third-order valence-electron chi connectivity index (χ3n) is 25.2. The zero-order chi connectivity index (χ0) is 96.4. The summed E-state index contributed by atoms with van der Waals surface area (Å²) in [6.07, 6.45) is -32.3. The molecule has 11 aromatic rings. The molecule has 28 nitrogen and oxygen atoms in total. The Morgan fingerprint density at radius 2 is 0.597 bits per heavy atom. The molecule has 0 saturated carbocycles. The van der Waals surface area contributed by atoms with Crippen LogP contribution in [0.1, 0.15) is 123 Å². The molecule has 0 unspecified atom stereocenters. The van der Waals surface area contributed by atoms with Gasteiger partial charge < -0.3 is 94.8 Å². The maximum absolute atomic E-state index is 16.0. The van der Waals surface area contributed by atoms with Crippen LogP contribution in [0.3, 0.4) is 0 Å². The van der Waals surface area contributed by atoms with E-state index >= 15 is 19.2 Å². The predicted octanol–water partition coefficient (Wildman–Crippen LogP) is 16.0. The third kappa shape index (κ3) is 25.4. The first-order valence-electron chi connectivity index (χ1n) is 46.9. The maximum Gasteiger partial charge on any atom is 0.338 e. The molecule has 0 aromatic heterocycles. The maximum atomic E-state index is 16.0. The minimum absolute atomic E-state index is 0.0000494. The van der Waals surface area contributed by atoms with Gasteiger partial charge in [-0.05, 0) is 112 Å². The first kappa shape index (κ1) is 99.5. The van der Waals surface area contributed by atoms with E-state index in [9.17, 15) is 19.5 Å². The number of esters is 5. The van der Waals surface area contributed by atoms with Crippen LogP contribution in [-0.2, 0) is 134 Å². The van der Waals surface area contributed by atoms with Gasteiger partial charge in [-0.2, -0.15) is 0 Å². The summed E-state index contributed by atoms with van der Waals surface area (Å²) in [7, 11) is -2.69. The smallest absolute Gasteiger partial charge is 0.338 e. The molecule has 0 spiro atoms. The molecule has 0 bridgehead atoms. The van der Waals surface area contributed by atoms with E-state index in [0.717, 1.165) is 45.3 Å². The van der Waals surface area contributed by atoms with Gasteiger partial charge in [0, 0.05) is 6.92 Å². The van der Waals surface area contributed by atoms with Crippen LogP contribution in [-0.4, -0.2) is 209 Å². The number of rotatable bonds is 43. The van der Waals surface area contributed by atoms with Gasteiger partial charge >= 0.3 is 29.8 Å². The van der Waals surface area contributed by atoms with Gasteiger partial charge in [-0.1, -0.05) is 288 Å². The number of hydrogen-bond donors (Lipinski definition) is 1. The minimum Gasteiger partial charge on any atom is -0.459 e. The number of fused-ring (bicyclic) bond motifs is 1. The van der Waals surface area contributed by atoms with Crippen molar-refractivity contribution in [2.75, 3.05) is 26.4 Å². The molecule has 5 aliphatic rings. The highest BCUT2D eigenvalue weighted by Gasteiger charge is 2.63. The molecule has 0 aliphatic carbocycles. The molecule has 2 amide bonds. The van der Waals surface area contributed by atoms with E-state index < -0.39 is 186 Å². The van der Waals surface area contributed by atoms with Gasteiger partial charge in [0.05, 0.1) is 92.8 Å². The fraction of sp³-hybridized carbons (Fsp3) is 0.336. The van der Waals surface area contributed by atoms with Gasteiger partial charge in [0.25, 0.3) is 11.8 Å². The van der Waals surface area contributed by atoms with Gasteiger partial charge in [-0.25, -0.2) is 19.2 Å². The van der Waals surface area contributed by atoms with Crippen LogP contribution >= 0.6 is 0 Å². The molecule has 1 N–H and O–H groups in total. The summed E-state index contributed by atoms with van der Waals surface area (Å²) in [5.41, 5.74) is 4.37. The molecular formula is C110H113NO27Si. The second kappa shape index (κ2) is 48.9. The molecule has 16 rings (SSSR count). The van der Waals surface area contributed by atoms with E-state index in [0.29, 0.717) is 11.1 Å². The summed E-state index contributed by atoms with van der Waals surface area (Å²) in [6, 6.07) is 93.7. The molecule has 724 valence electrons. The summed E-state index contributed by atoms with van der Waals surface area (Å²) in [5, 5.41) is 14.6. The Kier molecular flexibility index (Phi) is 35.0. The zero-order valence-electron chi connectivity index (χ0n) is 77.4. The van der Waals surface area contributed by atoms with E-state index in [1.165, 1.54) is 67.6 Å². The molecule has 5 aliphatic heterocycles. The summed E-state index contributed by atoms with van der Waals surface area (Å²) >= 11 is 0. The normalized spacial score (nSPS) is 25.1. The van der Waals surface area contributed by atoms with Gasteiger partial charge in [0.15, 0.2) is 57.9 Å². The Morgan fingerprint density at radius 3 is 1.00 bits per heavy atom. The molecule has 29 heteroatoms. The minimum atomic E-state index is -2.69. The van der Waals surface area contributed by atoms with Crippen molar-refractivity contribution in [3.63, 3.8) is 0 Å². The number of carbonyl (C=O) groups excluding carboxylic acids is 7. The van der Waals surface area contributed by atoms with Crippen LogP contribution in [0.25, 0.3) is 0 Å². The van der Waals surface area contributed by atoms with Crippen molar-refractivity contribution in [1.29, 1.82) is 0 Å². The number of carbonyl (C=O) groups is 7.